The van der Waals surface area contributed by atoms with Gasteiger partial charge < -0.3 is 19.2 Å². The summed E-state index contributed by atoms with van der Waals surface area (Å²) in [5.74, 6) is -0.870. The molecule has 180 valence electrons. The zero-order valence-electron chi connectivity index (χ0n) is 18.0. The van der Waals surface area contributed by atoms with Gasteiger partial charge in [-0.15, -0.1) is 0 Å². The summed E-state index contributed by atoms with van der Waals surface area (Å²) in [6.45, 7) is 0.488. The molecule has 3 aromatic rings. The van der Waals surface area contributed by atoms with Crippen molar-refractivity contribution < 1.29 is 37.1 Å². The van der Waals surface area contributed by atoms with Gasteiger partial charge in [0.2, 0.25) is 5.71 Å². The maximum atomic E-state index is 13.2. The number of hydroxylamine groups is 1. The molecular formula is C22H23N3O8S. The van der Waals surface area contributed by atoms with Crippen molar-refractivity contribution in [2.75, 3.05) is 26.4 Å². The zero-order valence-corrected chi connectivity index (χ0v) is 18.8. The number of hydrogen-bond acceptors (Lipinski definition) is 9. The summed E-state index contributed by atoms with van der Waals surface area (Å²) in [6, 6.07) is 10.7. The van der Waals surface area contributed by atoms with Crippen molar-refractivity contribution in [1.29, 1.82) is 0 Å². The van der Waals surface area contributed by atoms with Gasteiger partial charge in [-0.1, -0.05) is 0 Å². The largest absolute Gasteiger partial charge is 0.492 e. The first-order chi connectivity index (χ1) is 16.4. The Hall–Kier alpha value is -3.48. The van der Waals surface area contributed by atoms with Crippen LogP contribution >= 0.6 is 0 Å². The molecule has 12 heteroatoms. The fourth-order valence-electron chi connectivity index (χ4n) is 3.77. The molecule has 0 unspecified atom stereocenters. The van der Waals surface area contributed by atoms with Crippen LogP contribution in [0.15, 0.2) is 58.0 Å². The number of aromatic nitrogens is 1. The summed E-state index contributed by atoms with van der Waals surface area (Å²) in [7, 11) is -4.11. The van der Waals surface area contributed by atoms with Gasteiger partial charge in [-0.3, -0.25) is 14.8 Å². The molecular weight excluding hydrogens is 466 g/mol. The van der Waals surface area contributed by atoms with Crippen LogP contribution in [-0.4, -0.2) is 61.5 Å². The van der Waals surface area contributed by atoms with E-state index in [0.29, 0.717) is 11.5 Å². The number of sulfone groups is 1. The first-order valence-electron chi connectivity index (χ1n) is 10.5. The SMILES string of the molecule is O=C(NCCOc1ccc(S(=O)(=O)C2(C(=O)NO)CCOCC2)cc1)c1cc2cccnc2o1. The molecule has 34 heavy (non-hydrogen) atoms. The van der Waals surface area contributed by atoms with Gasteiger partial charge in [0.25, 0.3) is 11.8 Å². The molecule has 3 N–H and O–H groups in total. The zero-order chi connectivity index (χ0) is 24.2. The van der Waals surface area contributed by atoms with Gasteiger partial charge in [0.15, 0.2) is 20.3 Å². The van der Waals surface area contributed by atoms with Gasteiger partial charge in [0.1, 0.15) is 12.4 Å². The van der Waals surface area contributed by atoms with Crippen molar-refractivity contribution >= 4 is 32.8 Å². The second kappa shape index (κ2) is 9.79. The number of rotatable bonds is 8. The van der Waals surface area contributed by atoms with E-state index in [4.69, 9.17) is 19.1 Å². The van der Waals surface area contributed by atoms with Crippen molar-refractivity contribution in [1.82, 2.24) is 15.8 Å². The normalized spacial score (nSPS) is 15.6. The van der Waals surface area contributed by atoms with Crippen molar-refractivity contribution in [2.24, 2.45) is 0 Å². The predicted molar refractivity (Wildman–Crippen MR) is 118 cm³/mol. The van der Waals surface area contributed by atoms with Crippen LogP contribution in [0, 0.1) is 0 Å². The topological polar surface area (TPSA) is 157 Å². The first-order valence-corrected chi connectivity index (χ1v) is 12.0. The number of carbonyl (C=O) groups excluding carboxylic acids is 2. The predicted octanol–water partition coefficient (Wildman–Crippen LogP) is 1.46. The Morgan fingerprint density at radius 3 is 2.56 bits per heavy atom. The Balaban J connectivity index is 1.35. The number of pyridine rings is 1. The summed E-state index contributed by atoms with van der Waals surface area (Å²) in [6.07, 6.45) is 1.44. The Morgan fingerprint density at radius 1 is 1.15 bits per heavy atom. The fraction of sp³-hybridized carbons (Fsp3) is 0.318. The van der Waals surface area contributed by atoms with E-state index in [2.05, 4.69) is 10.3 Å². The third kappa shape index (κ3) is 4.47. The van der Waals surface area contributed by atoms with Crippen LogP contribution in [0.3, 0.4) is 0 Å². The maximum absolute atomic E-state index is 13.2. The van der Waals surface area contributed by atoms with E-state index in [0.717, 1.165) is 5.39 Å². The molecule has 1 aromatic carbocycles. The molecule has 3 heterocycles. The van der Waals surface area contributed by atoms with Crippen LogP contribution < -0.4 is 15.5 Å². The van der Waals surface area contributed by atoms with E-state index >= 15 is 0 Å². The number of nitrogens with one attached hydrogen (secondary N) is 2. The molecule has 1 saturated heterocycles. The Morgan fingerprint density at radius 2 is 1.88 bits per heavy atom. The first kappa shape index (κ1) is 23.7. The lowest BCUT2D eigenvalue weighted by atomic mass is 9.98. The van der Waals surface area contributed by atoms with E-state index in [9.17, 15) is 18.0 Å². The number of fused-ring (bicyclic) bond motifs is 1. The summed E-state index contributed by atoms with van der Waals surface area (Å²) >= 11 is 0. The third-order valence-corrected chi connectivity index (χ3v) is 8.15. The van der Waals surface area contributed by atoms with Crippen molar-refractivity contribution in [3.05, 3.63) is 54.4 Å². The van der Waals surface area contributed by atoms with Gasteiger partial charge >= 0.3 is 0 Å². The molecule has 1 aliphatic rings. The van der Waals surface area contributed by atoms with Crippen LogP contribution in [0.1, 0.15) is 23.4 Å². The molecule has 0 bridgehead atoms. The molecule has 1 aliphatic heterocycles. The van der Waals surface area contributed by atoms with Gasteiger partial charge in [-0.25, -0.2) is 18.9 Å². The highest BCUT2D eigenvalue weighted by Gasteiger charge is 2.52. The molecule has 0 aliphatic carbocycles. The van der Waals surface area contributed by atoms with Crippen LogP contribution in [-0.2, 0) is 19.4 Å². The minimum atomic E-state index is -4.11. The van der Waals surface area contributed by atoms with E-state index in [-0.39, 0.29) is 49.9 Å². The Bertz CT molecular complexity index is 1250. The summed E-state index contributed by atoms with van der Waals surface area (Å²) in [4.78, 5) is 28.5. The average Bonchev–Trinajstić information content (AvgIpc) is 3.31. The van der Waals surface area contributed by atoms with E-state index in [1.807, 2.05) is 0 Å². The third-order valence-electron chi connectivity index (χ3n) is 5.64. The lowest BCUT2D eigenvalue weighted by Crippen LogP contribution is -2.54. The number of furan rings is 1. The van der Waals surface area contributed by atoms with Crippen LogP contribution in [0.2, 0.25) is 0 Å². The number of ether oxygens (including phenoxy) is 2. The average molecular weight is 490 g/mol. The molecule has 11 nitrogen and oxygen atoms in total. The summed E-state index contributed by atoms with van der Waals surface area (Å²) < 4.78 is 40.8. The number of carbonyl (C=O) groups is 2. The fourth-order valence-corrected chi connectivity index (χ4v) is 5.71. The van der Waals surface area contributed by atoms with Crippen molar-refractivity contribution in [3.8, 4) is 5.75 Å². The molecule has 2 aromatic heterocycles. The van der Waals surface area contributed by atoms with Crippen molar-refractivity contribution in [2.45, 2.75) is 22.5 Å². The molecule has 0 saturated carbocycles. The van der Waals surface area contributed by atoms with Gasteiger partial charge in [-0.05, 0) is 55.3 Å². The molecule has 2 amide bonds. The minimum Gasteiger partial charge on any atom is -0.492 e. The second-order valence-electron chi connectivity index (χ2n) is 7.64. The maximum Gasteiger partial charge on any atom is 0.287 e. The van der Waals surface area contributed by atoms with Gasteiger partial charge in [-0.2, -0.15) is 0 Å². The quantitative estimate of drug-likeness (QED) is 0.242. The lowest BCUT2D eigenvalue weighted by molar-refractivity contribution is -0.134. The van der Waals surface area contributed by atoms with E-state index < -0.39 is 26.4 Å². The standard InChI is InChI=1S/C22H23N3O8S/c26-19(18-14-15-2-1-9-24-20(15)33-18)23-10-13-32-16-3-5-17(6-4-16)34(29,30)22(21(27)25-28)7-11-31-12-8-22/h1-6,9,14,28H,7-8,10-13H2,(H,23,26)(H,25,27). The number of hydrogen-bond donors (Lipinski definition) is 3. The number of nitrogens with zero attached hydrogens (tertiary/aromatic N) is 1. The van der Waals surface area contributed by atoms with E-state index in [1.165, 1.54) is 29.7 Å². The Kier molecular flexibility index (Phi) is 6.82. The highest BCUT2D eigenvalue weighted by Crippen LogP contribution is 2.35. The Labute approximate surface area is 194 Å². The minimum absolute atomic E-state index is 0.0685. The number of amides is 2. The highest BCUT2D eigenvalue weighted by atomic mass is 32.2. The van der Waals surface area contributed by atoms with Gasteiger partial charge in [0, 0.05) is 24.8 Å². The van der Waals surface area contributed by atoms with Crippen molar-refractivity contribution in [3.63, 3.8) is 0 Å². The van der Waals surface area contributed by atoms with E-state index in [1.54, 1.807) is 24.4 Å². The highest BCUT2D eigenvalue weighted by molar-refractivity contribution is 7.93. The molecule has 4 rings (SSSR count). The van der Waals surface area contributed by atoms with Crippen LogP contribution in [0.25, 0.3) is 11.1 Å². The van der Waals surface area contributed by atoms with Crippen LogP contribution in [0.5, 0.6) is 5.75 Å². The summed E-state index contributed by atoms with van der Waals surface area (Å²) in [5.41, 5.74) is 1.86. The lowest BCUT2D eigenvalue weighted by Gasteiger charge is -2.34. The smallest absolute Gasteiger partial charge is 0.287 e. The molecule has 0 spiro atoms. The molecule has 0 atom stereocenters. The number of benzene rings is 1. The van der Waals surface area contributed by atoms with Crippen LogP contribution in [0.4, 0.5) is 0 Å². The second-order valence-corrected chi connectivity index (χ2v) is 9.89. The summed E-state index contributed by atoms with van der Waals surface area (Å²) in [5, 5.41) is 12.5. The monoisotopic (exact) mass is 489 g/mol. The molecule has 0 radical (unpaired) electrons. The van der Waals surface area contributed by atoms with Gasteiger partial charge in [0.05, 0.1) is 11.4 Å². The molecule has 1 fully saturated rings.